The molecule has 0 spiro atoms. The van der Waals surface area contributed by atoms with Gasteiger partial charge in [-0.1, -0.05) is 0 Å². The monoisotopic (exact) mass is 257 g/mol. The summed E-state index contributed by atoms with van der Waals surface area (Å²) in [7, 11) is 0. The Bertz CT molecular complexity index is 125. The molecule has 0 aromatic rings. The molecule has 4 nitrogen and oxygen atoms in total. The van der Waals surface area contributed by atoms with Crippen LogP contribution in [0, 0.1) is 0 Å². The van der Waals surface area contributed by atoms with Crippen molar-refractivity contribution in [3.05, 3.63) is 0 Å². The molecule has 0 aliphatic heterocycles. The third-order valence-electron chi connectivity index (χ3n) is 0. The first kappa shape index (κ1) is 5.00. The van der Waals surface area contributed by atoms with Crippen LogP contribution in [-0.4, -0.2) is 3.90 Å². The van der Waals surface area contributed by atoms with Crippen molar-refractivity contribution >= 4 is 0 Å². The van der Waals surface area contributed by atoms with E-state index in [-0.39, 0.29) is 0 Å². The second kappa shape index (κ2) is 0.998. The molecule has 0 fully saturated rings. The van der Waals surface area contributed by atoms with Gasteiger partial charge in [-0.25, -0.2) is 0 Å². The molecule has 0 amide bonds. The van der Waals surface area contributed by atoms with Gasteiger partial charge in [0.2, 0.25) is 0 Å². The van der Waals surface area contributed by atoms with Crippen molar-refractivity contribution in [2.24, 2.45) is 0 Å². The van der Waals surface area contributed by atoms with Gasteiger partial charge in [0.05, 0.1) is 0 Å². The Labute approximate surface area is 30.5 Å². The molecular weight excluding hydrogens is 254 g/mol. The maximum atomic E-state index is 8.74. The molecule has 0 aliphatic carbocycles. The summed E-state index contributed by atoms with van der Waals surface area (Å²) in [5.41, 5.74) is 0. The van der Waals surface area contributed by atoms with Crippen LogP contribution in [0.5, 0.6) is 0 Å². The summed E-state index contributed by atoms with van der Waals surface area (Å²) >= 11 is -5.81. The van der Waals surface area contributed by atoms with Crippen LogP contribution in [0.25, 0.3) is 0 Å². The van der Waals surface area contributed by atoms with Crippen LogP contribution in [0.3, 0.4) is 0 Å². The molecule has 0 atom stereocenters. The fourth-order valence-electron chi connectivity index (χ4n) is 0. The van der Waals surface area contributed by atoms with Gasteiger partial charge in [-0.05, 0) is 0 Å². The standard InChI is InChI=1S/H2O.3O.Os/h1H2;;;;/q;;;;+1/p-1. The number of hydrogen-bond donors (Lipinski definition) is 1. The molecule has 0 heterocycles. The van der Waals surface area contributed by atoms with Crippen LogP contribution in [0.15, 0.2) is 0 Å². The molecule has 0 rings (SSSR count). The van der Waals surface area contributed by atoms with Crippen molar-refractivity contribution in [2.45, 2.75) is 0 Å². The fourth-order valence-corrected chi connectivity index (χ4v) is 0. The third kappa shape index (κ3) is 1200000. The Morgan fingerprint density at radius 2 is 1.20 bits per heavy atom. The van der Waals surface area contributed by atoms with Gasteiger partial charge in [0.25, 0.3) is 0 Å². The zero-order chi connectivity index (χ0) is 4.50. The summed E-state index contributed by atoms with van der Waals surface area (Å²) in [6, 6.07) is 0. The molecule has 33 valence electrons. The summed E-state index contributed by atoms with van der Waals surface area (Å²) in [6.45, 7) is 0. The predicted molar refractivity (Wildman–Crippen MR) is 4.28 cm³/mol. The van der Waals surface area contributed by atoms with Gasteiger partial charge in [0.1, 0.15) is 0 Å². The zero-order valence-electron chi connectivity index (χ0n) is 2.03. The summed E-state index contributed by atoms with van der Waals surface area (Å²) in [5.74, 6) is 0. The van der Waals surface area contributed by atoms with E-state index >= 15 is 0 Å². The van der Waals surface area contributed by atoms with Crippen molar-refractivity contribution < 1.29 is 29.8 Å². The minimum absolute atomic E-state index is 5.81. The van der Waals surface area contributed by atoms with E-state index in [1.54, 1.807) is 0 Å². The second-order valence-corrected chi connectivity index (χ2v) is 3.03. The first-order valence-corrected chi connectivity index (χ1v) is 4.84. The topological polar surface area (TPSA) is 71.4 Å². The van der Waals surface area contributed by atoms with Crippen molar-refractivity contribution in [3.63, 3.8) is 0 Å². The van der Waals surface area contributed by atoms with Crippen LogP contribution in [-0.2, 0) is 25.9 Å². The van der Waals surface area contributed by atoms with E-state index in [1.807, 2.05) is 0 Å². The van der Waals surface area contributed by atoms with E-state index < -0.39 is 15.3 Å². The number of rotatable bonds is 0. The normalized spacial score (nSPS) is 11.4. The van der Waals surface area contributed by atoms with Crippen molar-refractivity contribution in [1.82, 2.24) is 0 Å². The molecule has 5 heavy (non-hydrogen) atoms. The zero-order valence-corrected chi connectivity index (χ0v) is 4.57. The summed E-state index contributed by atoms with van der Waals surface area (Å²) in [6.07, 6.45) is 0. The predicted octanol–water partition coefficient (Wildman–Crippen LogP) is -0.916. The van der Waals surface area contributed by atoms with Gasteiger partial charge in [-0.3, -0.25) is 0 Å². The van der Waals surface area contributed by atoms with E-state index in [4.69, 9.17) is 14.5 Å². The van der Waals surface area contributed by atoms with E-state index in [9.17, 15) is 0 Å². The van der Waals surface area contributed by atoms with Gasteiger partial charge in [0.15, 0.2) is 0 Å². The van der Waals surface area contributed by atoms with Crippen molar-refractivity contribution in [2.75, 3.05) is 0 Å². The molecule has 0 aliphatic rings. The second-order valence-electron chi connectivity index (χ2n) is 0.370. The van der Waals surface area contributed by atoms with Gasteiger partial charge in [-0.2, -0.15) is 0 Å². The minimum atomic E-state index is -5.81. The fraction of sp³-hybridized carbons (Fsp3) is 0. The maximum absolute atomic E-state index is 8.74. The van der Waals surface area contributed by atoms with Crippen LogP contribution in [0.1, 0.15) is 0 Å². The molecule has 0 saturated carbocycles. The average molecular weight is 255 g/mol. The first-order valence-electron chi connectivity index (χ1n) is 0.591. The molecule has 5 heteroatoms. The molecule has 0 radical (unpaired) electrons. The molecular formula is HO4Os. The van der Waals surface area contributed by atoms with Crippen LogP contribution < -0.4 is 0 Å². The van der Waals surface area contributed by atoms with E-state index in [0.29, 0.717) is 0 Å². The number of hydrogen-bond acceptors (Lipinski definition) is 3. The quantitative estimate of drug-likeness (QED) is 0.608. The first-order chi connectivity index (χ1) is 2.00. The van der Waals surface area contributed by atoms with Crippen molar-refractivity contribution in [3.8, 4) is 0 Å². The van der Waals surface area contributed by atoms with Gasteiger partial charge < -0.3 is 0 Å². The molecule has 0 aromatic heterocycles. The SMILES string of the molecule is [O]=[Os](=[O])(=[O])[OH]. The summed E-state index contributed by atoms with van der Waals surface area (Å²) in [4.78, 5) is 0. The average Bonchev–Trinajstić information content (AvgIpc) is 0.722. The Hall–Kier alpha value is -0.00364. The van der Waals surface area contributed by atoms with Gasteiger partial charge in [-0.15, -0.1) is 0 Å². The molecule has 0 aromatic carbocycles. The van der Waals surface area contributed by atoms with E-state index in [0.717, 1.165) is 0 Å². The van der Waals surface area contributed by atoms with Crippen LogP contribution in [0.4, 0.5) is 0 Å². The molecule has 0 bridgehead atoms. The Balaban J connectivity index is 4.87. The van der Waals surface area contributed by atoms with Gasteiger partial charge >= 0.3 is 29.8 Å². The molecule has 0 saturated heterocycles. The Kier molecular flexibility index (Phi) is 0.997. The third-order valence-corrected chi connectivity index (χ3v) is 0. The van der Waals surface area contributed by atoms with E-state index in [1.165, 1.54) is 0 Å². The van der Waals surface area contributed by atoms with Crippen LogP contribution in [0.2, 0.25) is 0 Å². The summed E-state index contributed by atoms with van der Waals surface area (Å²) in [5, 5.41) is 0. The molecule has 1 N–H and O–H groups in total. The van der Waals surface area contributed by atoms with E-state index in [2.05, 4.69) is 0 Å². The van der Waals surface area contributed by atoms with Gasteiger partial charge in [0, 0.05) is 0 Å². The Morgan fingerprint density at radius 3 is 1.20 bits per heavy atom. The molecule has 0 unspecified atom stereocenters. The van der Waals surface area contributed by atoms with Crippen molar-refractivity contribution in [1.29, 1.82) is 0 Å². The summed E-state index contributed by atoms with van der Waals surface area (Å²) < 4.78 is 33.3. The van der Waals surface area contributed by atoms with Crippen LogP contribution >= 0.6 is 0 Å². The Morgan fingerprint density at radius 1 is 1.20 bits per heavy atom.